The molecule has 2 fully saturated rings. The standard InChI is InChI=1S/C36H52N4O7/c1-11-45-36(44)40-33-29(35(43)47-31-21(6)14-18(3)15-22(31)7)24(9)27(39-33)16-26-23(8)28(32(38-26)37-25(10)41)34(42)46-30-19(4)12-17(2)13-20(30)5/h16-22,30-31,38H,11-15H2,1-10H3,(H,37,41)(H,39,40,44)/b27-16-. The number of anilines is 1. The highest BCUT2D eigenvalue weighted by molar-refractivity contribution is 6.25. The number of hydrogen-bond acceptors (Lipinski definition) is 8. The van der Waals surface area contributed by atoms with E-state index in [9.17, 15) is 19.2 Å². The summed E-state index contributed by atoms with van der Waals surface area (Å²) in [5.41, 5.74) is 2.28. The second kappa shape index (κ2) is 14.9. The summed E-state index contributed by atoms with van der Waals surface area (Å²) in [5.74, 6) is 0.685. The van der Waals surface area contributed by atoms with Crippen molar-refractivity contribution >= 4 is 41.7 Å². The maximum absolute atomic E-state index is 13.7. The minimum atomic E-state index is -0.742. The molecule has 11 nitrogen and oxygen atoms in total. The molecule has 0 bridgehead atoms. The minimum Gasteiger partial charge on any atom is -0.458 e. The van der Waals surface area contributed by atoms with E-state index in [1.165, 1.54) is 6.92 Å². The summed E-state index contributed by atoms with van der Waals surface area (Å²) in [6.07, 6.45) is 4.28. The zero-order valence-corrected chi connectivity index (χ0v) is 29.5. The van der Waals surface area contributed by atoms with Crippen molar-refractivity contribution in [2.45, 2.75) is 107 Å². The molecule has 47 heavy (non-hydrogen) atoms. The largest absolute Gasteiger partial charge is 0.458 e. The van der Waals surface area contributed by atoms with Crippen LogP contribution in [0.4, 0.5) is 10.6 Å². The Bertz CT molecular complexity index is 1460. The van der Waals surface area contributed by atoms with E-state index in [0.29, 0.717) is 34.4 Å². The Morgan fingerprint density at radius 2 is 1.34 bits per heavy atom. The van der Waals surface area contributed by atoms with Gasteiger partial charge in [-0.3, -0.25) is 10.1 Å². The molecular formula is C36H52N4O7. The maximum atomic E-state index is 13.7. The number of nitrogens with zero attached hydrogens (tertiary/aromatic N) is 1. The van der Waals surface area contributed by atoms with Gasteiger partial charge in [-0.25, -0.2) is 19.4 Å². The third-order valence-electron chi connectivity index (χ3n) is 9.83. The minimum absolute atomic E-state index is 0.0297. The van der Waals surface area contributed by atoms with Crippen LogP contribution in [0.3, 0.4) is 0 Å². The smallest absolute Gasteiger partial charge is 0.412 e. The number of H-pyrrole nitrogens is 1. The summed E-state index contributed by atoms with van der Waals surface area (Å²) in [6.45, 7) is 19.5. The number of ether oxygens (including phenoxy) is 3. The topological polar surface area (TPSA) is 148 Å². The third-order valence-corrected chi connectivity index (χ3v) is 9.83. The predicted octanol–water partition coefficient (Wildman–Crippen LogP) is 6.94. The first-order valence-electron chi connectivity index (χ1n) is 17.0. The van der Waals surface area contributed by atoms with Crippen molar-refractivity contribution < 1.29 is 33.4 Å². The van der Waals surface area contributed by atoms with Crippen molar-refractivity contribution in [3.05, 3.63) is 33.7 Å². The molecule has 0 saturated heterocycles. The van der Waals surface area contributed by atoms with E-state index in [1.54, 1.807) is 26.8 Å². The lowest BCUT2D eigenvalue weighted by Crippen LogP contribution is -2.40. The second-order valence-electron chi connectivity index (χ2n) is 14.2. The van der Waals surface area contributed by atoms with Crippen molar-refractivity contribution in [2.24, 2.45) is 40.5 Å². The molecule has 3 aliphatic rings. The van der Waals surface area contributed by atoms with Crippen LogP contribution < -0.4 is 10.6 Å². The van der Waals surface area contributed by atoms with Crippen molar-refractivity contribution in [1.29, 1.82) is 0 Å². The van der Waals surface area contributed by atoms with Crippen molar-refractivity contribution in [3.63, 3.8) is 0 Å². The van der Waals surface area contributed by atoms with Crippen LogP contribution in [-0.2, 0) is 23.8 Å². The summed E-state index contributed by atoms with van der Waals surface area (Å²) in [5, 5.41) is 5.34. The fourth-order valence-electron chi connectivity index (χ4n) is 7.95. The highest BCUT2D eigenvalue weighted by Gasteiger charge is 2.38. The monoisotopic (exact) mass is 652 g/mol. The third kappa shape index (κ3) is 8.16. The Morgan fingerprint density at radius 3 is 1.83 bits per heavy atom. The first-order chi connectivity index (χ1) is 22.1. The first kappa shape index (κ1) is 36.0. The zero-order chi connectivity index (χ0) is 34.7. The van der Waals surface area contributed by atoms with Crippen LogP contribution in [0, 0.1) is 42.4 Å². The van der Waals surface area contributed by atoms with E-state index in [4.69, 9.17) is 14.2 Å². The Balaban J connectivity index is 1.70. The number of alkyl carbamates (subject to hydrolysis) is 1. The van der Waals surface area contributed by atoms with E-state index in [-0.39, 0.29) is 71.2 Å². The van der Waals surface area contributed by atoms with E-state index >= 15 is 0 Å². The van der Waals surface area contributed by atoms with E-state index in [1.807, 2.05) is 0 Å². The molecule has 0 aromatic carbocycles. The predicted molar refractivity (Wildman–Crippen MR) is 181 cm³/mol. The van der Waals surface area contributed by atoms with Gasteiger partial charge in [0.15, 0.2) is 5.84 Å². The number of aliphatic imine (C=N–C) groups is 1. The molecule has 1 aliphatic heterocycles. The van der Waals surface area contributed by atoms with Gasteiger partial charge in [-0.05, 0) is 99.2 Å². The van der Waals surface area contributed by atoms with Gasteiger partial charge in [0, 0.05) is 12.6 Å². The number of aromatic nitrogens is 1. The molecule has 3 N–H and O–H groups in total. The lowest BCUT2D eigenvalue weighted by molar-refractivity contribution is -0.152. The van der Waals surface area contributed by atoms with Crippen LogP contribution in [0.15, 0.2) is 21.8 Å². The quantitative estimate of drug-likeness (QED) is 0.213. The van der Waals surface area contributed by atoms with Gasteiger partial charge in [0.05, 0.1) is 12.3 Å². The fraction of sp³-hybridized carbons (Fsp3) is 0.639. The van der Waals surface area contributed by atoms with Gasteiger partial charge in [0.1, 0.15) is 29.2 Å². The average molecular weight is 653 g/mol. The number of amidine groups is 1. The fourth-order valence-corrected chi connectivity index (χ4v) is 7.95. The second-order valence-corrected chi connectivity index (χ2v) is 14.2. The molecule has 0 spiro atoms. The lowest BCUT2D eigenvalue weighted by atomic mass is 9.75. The summed E-state index contributed by atoms with van der Waals surface area (Å²) in [6, 6.07) is 0. The number of carbonyl (C=O) groups is 4. The molecule has 2 saturated carbocycles. The molecule has 4 rings (SSSR count). The average Bonchev–Trinajstić information content (AvgIpc) is 3.42. The SMILES string of the molecule is CCOC(=O)NC1=N/C(=C\c2[nH]c(NC(C)=O)c(C(=O)OC3C(C)CC(C)CC3C)c2C)C(C)=C1C(=O)OC1C(C)CC(C)CC1C. The normalized spacial score (nSPS) is 30.1. The van der Waals surface area contributed by atoms with Gasteiger partial charge in [0.2, 0.25) is 5.91 Å². The molecule has 1 aromatic rings. The number of esters is 2. The number of hydrogen-bond donors (Lipinski definition) is 3. The molecule has 0 radical (unpaired) electrons. The van der Waals surface area contributed by atoms with Gasteiger partial charge in [0.25, 0.3) is 0 Å². The molecule has 4 unspecified atom stereocenters. The van der Waals surface area contributed by atoms with E-state index in [0.717, 1.165) is 25.7 Å². The number of carbonyl (C=O) groups excluding carboxylic acids is 4. The Labute approximate surface area is 278 Å². The van der Waals surface area contributed by atoms with Gasteiger partial charge < -0.3 is 24.5 Å². The Morgan fingerprint density at radius 1 is 0.830 bits per heavy atom. The summed E-state index contributed by atoms with van der Waals surface area (Å²) < 4.78 is 17.3. The van der Waals surface area contributed by atoms with Crippen molar-refractivity contribution in [2.75, 3.05) is 11.9 Å². The first-order valence-corrected chi connectivity index (χ1v) is 17.0. The molecule has 4 atom stereocenters. The highest BCUT2D eigenvalue weighted by Crippen LogP contribution is 2.38. The molecule has 2 aliphatic carbocycles. The number of nitrogens with one attached hydrogen (secondary N) is 3. The highest BCUT2D eigenvalue weighted by atomic mass is 16.6. The number of rotatable bonds is 7. The van der Waals surface area contributed by atoms with Gasteiger partial charge in [-0.15, -0.1) is 0 Å². The molecular weight excluding hydrogens is 600 g/mol. The Hall–Kier alpha value is -3.89. The van der Waals surface area contributed by atoms with Gasteiger partial charge >= 0.3 is 18.0 Å². The van der Waals surface area contributed by atoms with Crippen LogP contribution >= 0.6 is 0 Å². The van der Waals surface area contributed by atoms with E-state index in [2.05, 4.69) is 62.2 Å². The van der Waals surface area contributed by atoms with Gasteiger partial charge in [-0.2, -0.15) is 0 Å². The zero-order valence-electron chi connectivity index (χ0n) is 29.5. The summed E-state index contributed by atoms with van der Waals surface area (Å²) in [4.78, 5) is 59.8. The van der Waals surface area contributed by atoms with Gasteiger partial charge in [-0.1, -0.05) is 41.5 Å². The van der Waals surface area contributed by atoms with Crippen LogP contribution in [0.5, 0.6) is 0 Å². The van der Waals surface area contributed by atoms with Crippen LogP contribution in [0.2, 0.25) is 0 Å². The Kier molecular flexibility index (Phi) is 11.4. The van der Waals surface area contributed by atoms with E-state index < -0.39 is 18.0 Å². The van der Waals surface area contributed by atoms with Crippen LogP contribution in [-0.4, -0.2) is 53.6 Å². The molecule has 258 valence electrons. The molecule has 11 heteroatoms. The van der Waals surface area contributed by atoms with Crippen molar-refractivity contribution in [1.82, 2.24) is 10.3 Å². The summed E-state index contributed by atoms with van der Waals surface area (Å²) in [7, 11) is 0. The van der Waals surface area contributed by atoms with Crippen LogP contribution in [0.25, 0.3) is 6.08 Å². The number of amides is 2. The van der Waals surface area contributed by atoms with Crippen molar-refractivity contribution in [3.8, 4) is 0 Å². The molecule has 2 heterocycles. The number of aromatic amines is 1. The molecule has 2 amide bonds. The molecule has 1 aromatic heterocycles. The van der Waals surface area contributed by atoms with Crippen LogP contribution in [0.1, 0.15) is 110 Å². The summed E-state index contributed by atoms with van der Waals surface area (Å²) >= 11 is 0. The number of allylic oxidation sites excluding steroid dienone is 1. The lowest BCUT2D eigenvalue weighted by Gasteiger charge is -2.37. The maximum Gasteiger partial charge on any atom is 0.412 e.